The van der Waals surface area contributed by atoms with Crippen molar-refractivity contribution in [3.8, 4) is 0 Å². The monoisotopic (exact) mass is 249 g/mol. The molecule has 7 heteroatoms. The molecule has 0 aromatic rings. The minimum absolute atomic E-state index is 0.178. The molecule has 0 fully saturated rings. The van der Waals surface area contributed by atoms with Crippen molar-refractivity contribution in [3.63, 3.8) is 0 Å². The van der Waals surface area contributed by atoms with E-state index in [9.17, 15) is 13.2 Å². The van der Waals surface area contributed by atoms with Crippen LogP contribution in [0.4, 0.5) is 13.2 Å². The van der Waals surface area contributed by atoms with E-state index in [1.165, 1.54) is 13.2 Å². The van der Waals surface area contributed by atoms with Gasteiger partial charge in [-0.3, -0.25) is 5.32 Å². The molecule has 1 atom stereocenters. The zero-order valence-electron chi connectivity index (χ0n) is 8.84. The quantitative estimate of drug-likeness (QED) is 0.567. The van der Waals surface area contributed by atoms with Crippen molar-refractivity contribution in [3.05, 3.63) is 34.9 Å². The molecular formula is C10H10F3NO3. The first kappa shape index (κ1) is 13.6. The summed E-state index contributed by atoms with van der Waals surface area (Å²) in [4.78, 5) is 0. The molecule has 1 rings (SSSR count). The molecule has 0 amide bonds. The first-order valence-electron chi connectivity index (χ1n) is 4.53. The number of alkyl halides is 3. The molecule has 0 spiro atoms. The van der Waals surface area contributed by atoms with Gasteiger partial charge in [-0.1, -0.05) is 5.73 Å². The Morgan fingerprint density at radius 3 is 2.59 bits per heavy atom. The van der Waals surface area contributed by atoms with Crippen molar-refractivity contribution >= 4 is 0 Å². The van der Waals surface area contributed by atoms with Gasteiger partial charge in [-0.2, -0.15) is 0 Å². The van der Waals surface area contributed by atoms with Crippen LogP contribution in [0.1, 0.15) is 0 Å². The van der Waals surface area contributed by atoms with Gasteiger partial charge in [0.15, 0.2) is 5.76 Å². The topological polar surface area (TPSA) is 50.7 Å². The van der Waals surface area contributed by atoms with Gasteiger partial charge in [0.1, 0.15) is 0 Å². The third-order valence-corrected chi connectivity index (χ3v) is 1.70. The van der Waals surface area contributed by atoms with E-state index in [0.717, 1.165) is 6.08 Å². The van der Waals surface area contributed by atoms with Crippen LogP contribution in [-0.4, -0.2) is 31.5 Å². The molecule has 1 aliphatic rings. The van der Waals surface area contributed by atoms with Crippen LogP contribution < -0.4 is 5.32 Å². The second kappa shape index (κ2) is 5.72. The van der Waals surface area contributed by atoms with Crippen LogP contribution in [0, 0.1) is 0 Å². The number of ether oxygens (including phenoxy) is 2. The number of hydrogen-bond donors (Lipinski definition) is 2. The highest BCUT2D eigenvalue weighted by Gasteiger charge is 2.31. The van der Waals surface area contributed by atoms with E-state index >= 15 is 0 Å². The maximum absolute atomic E-state index is 11.8. The molecule has 0 aromatic carbocycles. The highest BCUT2D eigenvalue weighted by atomic mass is 19.4. The molecule has 0 saturated carbocycles. The average molecular weight is 249 g/mol. The van der Waals surface area contributed by atoms with E-state index in [1.54, 1.807) is 0 Å². The van der Waals surface area contributed by atoms with E-state index in [4.69, 9.17) is 5.11 Å². The second-order valence-corrected chi connectivity index (χ2v) is 2.99. The lowest BCUT2D eigenvalue weighted by Gasteiger charge is -2.11. The summed E-state index contributed by atoms with van der Waals surface area (Å²) in [6.07, 6.45) is -3.40. The van der Waals surface area contributed by atoms with Gasteiger partial charge in [-0.25, -0.2) is 0 Å². The van der Waals surface area contributed by atoms with E-state index in [1.807, 2.05) is 0 Å². The van der Waals surface area contributed by atoms with Crippen LogP contribution in [0.15, 0.2) is 34.9 Å². The van der Waals surface area contributed by atoms with Gasteiger partial charge < -0.3 is 14.6 Å². The lowest BCUT2D eigenvalue weighted by molar-refractivity contribution is -0.303. The SMILES string of the molecule is COC(O)NCC1=C=C=C(OC(F)(F)F)C=C1. The summed E-state index contributed by atoms with van der Waals surface area (Å²) in [5.74, 6) is -0.464. The Morgan fingerprint density at radius 2 is 2.12 bits per heavy atom. The van der Waals surface area contributed by atoms with Crippen molar-refractivity contribution < 1.29 is 27.8 Å². The zero-order chi connectivity index (χ0) is 12.9. The Morgan fingerprint density at radius 1 is 1.41 bits per heavy atom. The highest BCUT2D eigenvalue weighted by molar-refractivity contribution is 5.30. The number of hydrogen-bond acceptors (Lipinski definition) is 4. The molecule has 2 N–H and O–H groups in total. The molecule has 0 saturated heterocycles. The average Bonchev–Trinajstić information content (AvgIpc) is 2.25. The van der Waals surface area contributed by atoms with Crippen molar-refractivity contribution in [2.24, 2.45) is 0 Å². The first-order chi connectivity index (χ1) is 7.90. The molecule has 1 unspecified atom stereocenters. The summed E-state index contributed by atoms with van der Waals surface area (Å²) < 4.78 is 43.6. The van der Waals surface area contributed by atoms with Crippen LogP contribution >= 0.6 is 0 Å². The predicted octanol–water partition coefficient (Wildman–Crippen LogP) is 1.17. The van der Waals surface area contributed by atoms with Gasteiger partial charge in [0.05, 0.1) is 0 Å². The number of halogens is 3. The third kappa shape index (κ3) is 5.40. The molecule has 0 aliphatic heterocycles. The molecule has 94 valence electrons. The normalized spacial score (nSPS) is 16.5. The van der Waals surface area contributed by atoms with Crippen LogP contribution in [0.25, 0.3) is 0 Å². The standard InChI is InChI=1S/C10H10F3NO3/c1-16-9(15)14-6-7-2-4-8(5-3-7)17-10(11,12)13/h2,4,9,14-15H,6H2,1H3. The summed E-state index contributed by atoms with van der Waals surface area (Å²) in [7, 11) is 1.30. The zero-order valence-corrected chi connectivity index (χ0v) is 8.84. The van der Waals surface area contributed by atoms with Crippen LogP contribution in [0.5, 0.6) is 0 Å². The predicted molar refractivity (Wildman–Crippen MR) is 51.4 cm³/mol. The Balaban J connectivity index is 2.61. The minimum Gasteiger partial charge on any atom is -0.397 e. The van der Waals surface area contributed by atoms with Gasteiger partial charge in [0, 0.05) is 19.2 Å². The van der Waals surface area contributed by atoms with E-state index in [2.05, 4.69) is 26.3 Å². The van der Waals surface area contributed by atoms with E-state index in [0.29, 0.717) is 5.57 Å². The van der Waals surface area contributed by atoms with Gasteiger partial charge in [-0.05, 0) is 17.9 Å². The highest BCUT2D eigenvalue weighted by Crippen LogP contribution is 2.21. The van der Waals surface area contributed by atoms with Gasteiger partial charge in [0.2, 0.25) is 6.41 Å². The second-order valence-electron chi connectivity index (χ2n) is 2.99. The van der Waals surface area contributed by atoms with Crippen molar-refractivity contribution in [1.29, 1.82) is 0 Å². The van der Waals surface area contributed by atoms with Gasteiger partial charge in [-0.15, -0.1) is 13.2 Å². The fraction of sp³-hybridized carbons (Fsp3) is 0.400. The largest absolute Gasteiger partial charge is 0.573 e. The maximum atomic E-state index is 11.8. The molecular weight excluding hydrogens is 239 g/mol. The van der Waals surface area contributed by atoms with Gasteiger partial charge >= 0.3 is 6.36 Å². The number of methoxy groups -OCH3 is 1. The number of rotatable bonds is 5. The molecule has 0 radical (unpaired) electrons. The van der Waals surface area contributed by atoms with E-state index < -0.39 is 18.5 Å². The lowest BCUT2D eigenvalue weighted by Crippen LogP contribution is -2.31. The number of nitrogens with one attached hydrogen (secondary N) is 1. The molecule has 0 aromatic heterocycles. The fourth-order valence-electron chi connectivity index (χ4n) is 0.969. The first-order valence-corrected chi connectivity index (χ1v) is 4.53. The van der Waals surface area contributed by atoms with Crippen molar-refractivity contribution in [2.75, 3.05) is 13.7 Å². The summed E-state index contributed by atoms with van der Waals surface area (Å²) >= 11 is 0. The molecule has 17 heavy (non-hydrogen) atoms. The molecule has 0 bridgehead atoms. The minimum atomic E-state index is -4.74. The van der Waals surface area contributed by atoms with Crippen LogP contribution in [-0.2, 0) is 9.47 Å². The number of aliphatic hydroxyl groups is 1. The molecule has 4 nitrogen and oxygen atoms in total. The number of allylic oxidation sites excluding steroid dienone is 1. The molecule has 1 aliphatic carbocycles. The molecule has 0 heterocycles. The number of aliphatic hydroxyl groups excluding tert-OH is 1. The summed E-state index contributed by atoms with van der Waals surface area (Å²) in [5.41, 5.74) is 5.18. The van der Waals surface area contributed by atoms with Crippen LogP contribution in [0.3, 0.4) is 0 Å². The summed E-state index contributed by atoms with van der Waals surface area (Å²) in [6, 6.07) is 0. The summed E-state index contributed by atoms with van der Waals surface area (Å²) in [5, 5.41) is 11.5. The maximum Gasteiger partial charge on any atom is 0.573 e. The Kier molecular flexibility index (Phi) is 4.57. The Bertz CT molecular complexity index is 402. The van der Waals surface area contributed by atoms with Gasteiger partial charge in [0.25, 0.3) is 0 Å². The summed E-state index contributed by atoms with van der Waals surface area (Å²) in [6.45, 7) is 0.178. The Labute approximate surface area is 95.3 Å². The Hall–Kier alpha value is -1.49. The van der Waals surface area contributed by atoms with Crippen molar-refractivity contribution in [1.82, 2.24) is 5.32 Å². The van der Waals surface area contributed by atoms with E-state index in [-0.39, 0.29) is 6.54 Å². The lowest BCUT2D eigenvalue weighted by atomic mass is 10.2. The third-order valence-electron chi connectivity index (χ3n) is 1.70. The fourth-order valence-corrected chi connectivity index (χ4v) is 0.969. The van der Waals surface area contributed by atoms with Crippen LogP contribution in [0.2, 0.25) is 0 Å². The van der Waals surface area contributed by atoms with Crippen molar-refractivity contribution in [2.45, 2.75) is 12.8 Å². The smallest absolute Gasteiger partial charge is 0.397 e.